The summed E-state index contributed by atoms with van der Waals surface area (Å²) in [5.74, 6) is -2.63. The van der Waals surface area contributed by atoms with Gasteiger partial charge in [0.15, 0.2) is 5.69 Å². The van der Waals surface area contributed by atoms with E-state index in [2.05, 4.69) is 26.3 Å². The lowest BCUT2D eigenvalue weighted by Gasteiger charge is -2.49. The number of aryl methyl sites for hydroxylation is 1. The van der Waals surface area contributed by atoms with Crippen LogP contribution in [0.4, 0.5) is 0 Å². The SMILES string of the molecule is CC(=O)OCC1=C(C(=O)O)N2C(=O)[C@H](NC(=O)c3nn(C)cc3Br)[C@H]2SC1. The van der Waals surface area contributed by atoms with E-state index in [1.54, 1.807) is 13.2 Å². The standard InChI is InChI=1S/C15H15BrN4O6S/c1-6(21)26-4-7-5-27-14-10(13(23)20(14)11(7)15(24)25)17-12(22)9-8(16)3-19(2)18-9/h3,10,14H,4-5H2,1-2H3,(H,17,22)(H,24,25)/t10-,14+/m0/s1. The summed E-state index contributed by atoms with van der Waals surface area (Å²) in [7, 11) is 1.66. The molecule has 2 aliphatic rings. The van der Waals surface area contributed by atoms with Crippen molar-refractivity contribution >= 4 is 51.4 Å². The van der Waals surface area contributed by atoms with Crippen LogP contribution in [0, 0.1) is 0 Å². The second-order valence-corrected chi connectivity index (χ2v) is 7.86. The average molecular weight is 459 g/mol. The number of hydrogen-bond donors (Lipinski definition) is 2. The van der Waals surface area contributed by atoms with E-state index in [4.69, 9.17) is 4.74 Å². The normalized spacial score (nSPS) is 21.4. The number of thioether (sulfide) groups is 1. The fraction of sp³-hybridized carbons (Fsp3) is 0.400. The summed E-state index contributed by atoms with van der Waals surface area (Å²) in [5.41, 5.74) is 0.271. The van der Waals surface area contributed by atoms with Gasteiger partial charge in [-0.05, 0) is 15.9 Å². The number of halogens is 1. The van der Waals surface area contributed by atoms with Gasteiger partial charge in [-0.15, -0.1) is 11.8 Å². The van der Waals surface area contributed by atoms with Crippen molar-refractivity contribution in [2.45, 2.75) is 18.3 Å². The molecule has 0 aromatic carbocycles. The third kappa shape index (κ3) is 3.58. The van der Waals surface area contributed by atoms with Gasteiger partial charge in [-0.2, -0.15) is 5.10 Å². The number of amides is 2. The minimum Gasteiger partial charge on any atom is -0.477 e. The van der Waals surface area contributed by atoms with Gasteiger partial charge in [0, 0.05) is 31.5 Å². The van der Waals surface area contributed by atoms with Gasteiger partial charge >= 0.3 is 11.9 Å². The molecule has 0 saturated carbocycles. The van der Waals surface area contributed by atoms with Crippen molar-refractivity contribution in [1.82, 2.24) is 20.0 Å². The zero-order chi connectivity index (χ0) is 19.9. The minimum atomic E-state index is -1.28. The molecule has 12 heteroatoms. The molecule has 2 amide bonds. The third-order valence-corrected chi connectivity index (χ3v) is 5.91. The minimum absolute atomic E-state index is 0.133. The average Bonchev–Trinajstić information content (AvgIpc) is 2.94. The monoisotopic (exact) mass is 458 g/mol. The Morgan fingerprint density at radius 2 is 2.19 bits per heavy atom. The fourth-order valence-electron chi connectivity index (χ4n) is 2.81. The number of carbonyl (C=O) groups is 4. The van der Waals surface area contributed by atoms with Crippen molar-refractivity contribution in [1.29, 1.82) is 0 Å². The molecule has 0 spiro atoms. The van der Waals surface area contributed by atoms with Gasteiger partial charge in [-0.25, -0.2) is 4.79 Å². The Hall–Kier alpha value is -2.34. The molecule has 1 aromatic rings. The molecule has 0 aliphatic carbocycles. The number of β-lactam (4-membered cyclic amide) rings is 1. The van der Waals surface area contributed by atoms with Crippen molar-refractivity contribution in [2.75, 3.05) is 12.4 Å². The van der Waals surface area contributed by atoms with Gasteiger partial charge in [0.2, 0.25) is 0 Å². The molecule has 27 heavy (non-hydrogen) atoms. The highest BCUT2D eigenvalue weighted by molar-refractivity contribution is 9.10. The van der Waals surface area contributed by atoms with Gasteiger partial charge in [0.1, 0.15) is 23.7 Å². The van der Waals surface area contributed by atoms with E-state index in [0.29, 0.717) is 10.0 Å². The van der Waals surface area contributed by atoms with Crippen molar-refractivity contribution in [3.63, 3.8) is 0 Å². The predicted octanol–water partition coefficient (Wildman–Crippen LogP) is 0.0979. The number of nitrogens with zero attached hydrogens (tertiary/aromatic N) is 3. The molecule has 2 N–H and O–H groups in total. The lowest BCUT2D eigenvalue weighted by Crippen LogP contribution is -2.70. The number of aliphatic carboxylic acids is 1. The molecule has 2 atom stereocenters. The Morgan fingerprint density at radius 3 is 2.74 bits per heavy atom. The summed E-state index contributed by atoms with van der Waals surface area (Å²) in [6.07, 6.45) is 1.60. The van der Waals surface area contributed by atoms with Crippen molar-refractivity contribution in [2.24, 2.45) is 7.05 Å². The molecule has 0 bridgehead atoms. The van der Waals surface area contributed by atoms with Gasteiger partial charge in [0.25, 0.3) is 11.8 Å². The van der Waals surface area contributed by atoms with E-state index in [-0.39, 0.29) is 23.8 Å². The molecular weight excluding hydrogens is 444 g/mol. The van der Waals surface area contributed by atoms with Gasteiger partial charge in [0.05, 0.1) is 4.47 Å². The van der Waals surface area contributed by atoms with Crippen LogP contribution in [-0.4, -0.2) is 67.3 Å². The second-order valence-electron chi connectivity index (χ2n) is 5.90. The lowest BCUT2D eigenvalue weighted by molar-refractivity contribution is -0.149. The van der Waals surface area contributed by atoms with Crippen LogP contribution in [-0.2, 0) is 26.2 Å². The number of hydrogen-bond acceptors (Lipinski definition) is 7. The van der Waals surface area contributed by atoms with E-state index in [0.717, 1.165) is 4.90 Å². The molecule has 3 rings (SSSR count). The highest BCUT2D eigenvalue weighted by Crippen LogP contribution is 2.40. The summed E-state index contributed by atoms with van der Waals surface area (Å²) >= 11 is 4.52. The second kappa shape index (κ2) is 7.35. The number of fused-ring (bicyclic) bond motifs is 1. The first-order valence-corrected chi connectivity index (χ1v) is 9.58. The molecular formula is C15H15BrN4O6S. The number of ether oxygens (including phenoxy) is 1. The van der Waals surface area contributed by atoms with Crippen LogP contribution < -0.4 is 5.32 Å². The van der Waals surface area contributed by atoms with Gasteiger partial charge in [-0.3, -0.25) is 24.0 Å². The topological polar surface area (TPSA) is 131 Å². The zero-order valence-electron chi connectivity index (χ0n) is 14.3. The first-order valence-electron chi connectivity index (χ1n) is 7.74. The Balaban J connectivity index is 1.77. The van der Waals surface area contributed by atoms with Crippen molar-refractivity contribution < 1.29 is 29.0 Å². The van der Waals surface area contributed by atoms with Crippen LogP contribution in [0.1, 0.15) is 17.4 Å². The summed E-state index contributed by atoms with van der Waals surface area (Å²) < 4.78 is 6.81. The first-order chi connectivity index (χ1) is 12.7. The van der Waals surface area contributed by atoms with Crippen LogP contribution >= 0.6 is 27.7 Å². The molecule has 1 saturated heterocycles. The molecule has 3 heterocycles. The maximum absolute atomic E-state index is 12.5. The number of carboxylic acid groups (broad SMARTS) is 1. The summed E-state index contributed by atoms with van der Waals surface area (Å²) in [6.45, 7) is 1.02. The fourth-order valence-corrected chi connectivity index (χ4v) is 4.69. The lowest BCUT2D eigenvalue weighted by atomic mass is 10.0. The van der Waals surface area contributed by atoms with Crippen LogP contribution in [0.2, 0.25) is 0 Å². The van der Waals surface area contributed by atoms with Crippen LogP contribution in [0.5, 0.6) is 0 Å². The number of nitrogens with one attached hydrogen (secondary N) is 1. The highest BCUT2D eigenvalue weighted by Gasteiger charge is 2.54. The molecule has 144 valence electrons. The molecule has 0 radical (unpaired) electrons. The molecule has 2 aliphatic heterocycles. The number of esters is 1. The zero-order valence-corrected chi connectivity index (χ0v) is 16.7. The maximum atomic E-state index is 12.5. The Bertz CT molecular complexity index is 882. The number of aromatic nitrogens is 2. The summed E-state index contributed by atoms with van der Waals surface area (Å²) in [6, 6.07) is -0.860. The Kier molecular flexibility index (Phi) is 5.29. The molecule has 1 fully saturated rings. The van der Waals surface area contributed by atoms with E-state index >= 15 is 0 Å². The van der Waals surface area contributed by atoms with Crippen molar-refractivity contribution in [3.05, 3.63) is 27.6 Å². The van der Waals surface area contributed by atoms with Crippen LogP contribution in [0.3, 0.4) is 0 Å². The Labute approximate surface area is 166 Å². The van der Waals surface area contributed by atoms with Gasteiger partial charge in [-0.1, -0.05) is 0 Å². The summed E-state index contributed by atoms with van der Waals surface area (Å²) in [5, 5.41) is 15.6. The quantitative estimate of drug-likeness (QED) is 0.468. The number of carboxylic acids is 1. The summed E-state index contributed by atoms with van der Waals surface area (Å²) in [4.78, 5) is 48.6. The van der Waals surface area contributed by atoms with E-state index < -0.39 is 35.2 Å². The van der Waals surface area contributed by atoms with Crippen LogP contribution in [0.15, 0.2) is 21.9 Å². The van der Waals surface area contributed by atoms with E-state index in [9.17, 15) is 24.3 Å². The number of carbonyl (C=O) groups excluding carboxylic acids is 3. The molecule has 1 aromatic heterocycles. The number of rotatable bonds is 5. The van der Waals surface area contributed by atoms with Crippen molar-refractivity contribution in [3.8, 4) is 0 Å². The smallest absolute Gasteiger partial charge is 0.352 e. The van der Waals surface area contributed by atoms with Crippen LogP contribution in [0.25, 0.3) is 0 Å². The maximum Gasteiger partial charge on any atom is 0.352 e. The first kappa shape index (κ1) is 19.4. The highest BCUT2D eigenvalue weighted by atomic mass is 79.9. The van der Waals surface area contributed by atoms with E-state index in [1.165, 1.54) is 23.4 Å². The van der Waals surface area contributed by atoms with E-state index in [1.807, 2.05) is 0 Å². The molecule has 0 unspecified atom stereocenters. The predicted molar refractivity (Wildman–Crippen MR) is 96.5 cm³/mol. The molecule has 10 nitrogen and oxygen atoms in total. The third-order valence-electron chi connectivity index (χ3n) is 3.99. The van der Waals surface area contributed by atoms with Gasteiger partial charge < -0.3 is 15.2 Å². The largest absolute Gasteiger partial charge is 0.477 e. The Morgan fingerprint density at radius 1 is 1.48 bits per heavy atom.